The highest BCUT2D eigenvalue weighted by molar-refractivity contribution is 7.15. The van der Waals surface area contributed by atoms with Crippen LogP contribution in [0.4, 0.5) is 0 Å². The van der Waals surface area contributed by atoms with Gasteiger partial charge in [-0.2, -0.15) is 0 Å². The van der Waals surface area contributed by atoms with Gasteiger partial charge in [-0.25, -0.2) is 9.97 Å². The van der Waals surface area contributed by atoms with Crippen molar-refractivity contribution in [2.24, 2.45) is 0 Å². The molecule has 5 heteroatoms. The maximum atomic E-state index is 5.80. The summed E-state index contributed by atoms with van der Waals surface area (Å²) in [6, 6.07) is 0.530. The Balaban J connectivity index is 1.94. The van der Waals surface area contributed by atoms with Gasteiger partial charge in [0.05, 0.1) is 21.8 Å². The molecule has 2 aromatic rings. The molecule has 0 saturated carbocycles. The molecule has 0 aliphatic carbocycles. The van der Waals surface area contributed by atoms with Crippen LogP contribution in [0.1, 0.15) is 36.9 Å². The van der Waals surface area contributed by atoms with Gasteiger partial charge in [-0.1, -0.05) is 13.8 Å². The molecule has 104 valence electrons. The number of oxazole rings is 1. The number of hydrogen-bond donors (Lipinski definition) is 1. The SMILES string of the molecule is Cc1nc(C)c(-c2cnc(CCCNC(C)C)o2)s1. The third-order valence-corrected chi connectivity index (χ3v) is 3.89. The van der Waals surface area contributed by atoms with E-state index in [4.69, 9.17) is 4.42 Å². The van der Waals surface area contributed by atoms with E-state index in [-0.39, 0.29) is 0 Å². The van der Waals surface area contributed by atoms with Crippen LogP contribution in [0.5, 0.6) is 0 Å². The number of aromatic nitrogens is 2. The Bertz CT molecular complexity index is 531. The van der Waals surface area contributed by atoms with E-state index in [0.29, 0.717) is 6.04 Å². The van der Waals surface area contributed by atoms with Gasteiger partial charge in [0.15, 0.2) is 11.7 Å². The van der Waals surface area contributed by atoms with Crippen molar-refractivity contribution in [3.05, 3.63) is 22.8 Å². The molecule has 2 heterocycles. The van der Waals surface area contributed by atoms with E-state index < -0.39 is 0 Å². The molecule has 0 aromatic carbocycles. The molecule has 2 rings (SSSR count). The van der Waals surface area contributed by atoms with Gasteiger partial charge in [-0.3, -0.25) is 0 Å². The normalized spacial score (nSPS) is 11.4. The van der Waals surface area contributed by atoms with Crippen molar-refractivity contribution in [2.45, 2.75) is 46.6 Å². The topological polar surface area (TPSA) is 51.0 Å². The van der Waals surface area contributed by atoms with Crippen LogP contribution in [0.15, 0.2) is 10.6 Å². The fraction of sp³-hybridized carbons (Fsp3) is 0.571. The first-order valence-corrected chi connectivity index (χ1v) is 7.50. The fourth-order valence-electron chi connectivity index (χ4n) is 1.92. The number of thiazole rings is 1. The van der Waals surface area contributed by atoms with Crippen molar-refractivity contribution in [1.82, 2.24) is 15.3 Å². The highest BCUT2D eigenvalue weighted by Gasteiger charge is 2.12. The second kappa shape index (κ2) is 6.30. The minimum absolute atomic E-state index is 0.530. The number of rotatable bonds is 6. The quantitative estimate of drug-likeness (QED) is 0.824. The highest BCUT2D eigenvalue weighted by Crippen LogP contribution is 2.30. The molecule has 2 aromatic heterocycles. The maximum Gasteiger partial charge on any atom is 0.194 e. The van der Waals surface area contributed by atoms with Crippen molar-refractivity contribution in [2.75, 3.05) is 6.54 Å². The van der Waals surface area contributed by atoms with Crippen molar-refractivity contribution < 1.29 is 4.42 Å². The lowest BCUT2D eigenvalue weighted by Crippen LogP contribution is -2.23. The van der Waals surface area contributed by atoms with Gasteiger partial charge in [-0.05, 0) is 26.8 Å². The standard InChI is InChI=1S/C14H21N3OS/c1-9(2)15-7-5-6-13-16-8-12(18-13)14-10(3)17-11(4)19-14/h8-9,15H,5-7H2,1-4H3. The summed E-state index contributed by atoms with van der Waals surface area (Å²) in [5, 5.41) is 4.45. The Morgan fingerprint density at radius 3 is 2.79 bits per heavy atom. The Morgan fingerprint density at radius 1 is 1.37 bits per heavy atom. The third-order valence-electron chi connectivity index (χ3n) is 2.80. The molecule has 4 nitrogen and oxygen atoms in total. The zero-order valence-electron chi connectivity index (χ0n) is 12.0. The first kappa shape index (κ1) is 14.2. The molecular weight excluding hydrogens is 258 g/mol. The predicted octanol–water partition coefficient (Wildman–Crippen LogP) is 3.35. The first-order valence-electron chi connectivity index (χ1n) is 6.68. The molecule has 0 spiro atoms. The van der Waals surface area contributed by atoms with Crippen molar-refractivity contribution in [1.29, 1.82) is 0 Å². The fourth-order valence-corrected chi connectivity index (χ4v) is 2.79. The largest absolute Gasteiger partial charge is 0.440 e. The van der Waals surface area contributed by atoms with Gasteiger partial charge in [0.2, 0.25) is 0 Å². The van der Waals surface area contributed by atoms with Gasteiger partial charge in [0.1, 0.15) is 0 Å². The average molecular weight is 279 g/mol. The number of nitrogens with zero attached hydrogens (tertiary/aromatic N) is 2. The lowest BCUT2D eigenvalue weighted by molar-refractivity contribution is 0.485. The molecule has 0 radical (unpaired) electrons. The van der Waals surface area contributed by atoms with Crippen LogP contribution in [-0.2, 0) is 6.42 Å². The molecule has 19 heavy (non-hydrogen) atoms. The van der Waals surface area contributed by atoms with Crippen LogP contribution >= 0.6 is 11.3 Å². The molecule has 0 amide bonds. The van der Waals surface area contributed by atoms with E-state index >= 15 is 0 Å². The third kappa shape index (κ3) is 3.88. The summed E-state index contributed by atoms with van der Waals surface area (Å²) < 4.78 is 5.80. The molecule has 0 saturated heterocycles. The molecule has 0 atom stereocenters. The second-order valence-electron chi connectivity index (χ2n) is 4.98. The summed E-state index contributed by atoms with van der Waals surface area (Å²) in [5.41, 5.74) is 1.02. The summed E-state index contributed by atoms with van der Waals surface area (Å²) >= 11 is 1.66. The lowest BCUT2D eigenvalue weighted by atomic mass is 10.3. The van der Waals surface area contributed by atoms with Crippen molar-refractivity contribution in [3.63, 3.8) is 0 Å². The predicted molar refractivity (Wildman–Crippen MR) is 78.5 cm³/mol. The maximum absolute atomic E-state index is 5.80. The van der Waals surface area contributed by atoms with Gasteiger partial charge >= 0.3 is 0 Å². The number of aryl methyl sites for hydroxylation is 3. The van der Waals surface area contributed by atoms with E-state index in [1.807, 2.05) is 20.0 Å². The molecule has 1 N–H and O–H groups in total. The van der Waals surface area contributed by atoms with Gasteiger partial charge in [0.25, 0.3) is 0 Å². The van der Waals surface area contributed by atoms with E-state index in [2.05, 4.69) is 29.1 Å². The smallest absolute Gasteiger partial charge is 0.194 e. The monoisotopic (exact) mass is 279 g/mol. The molecule has 0 bridgehead atoms. The van der Waals surface area contributed by atoms with Gasteiger partial charge in [0, 0.05) is 12.5 Å². The van der Waals surface area contributed by atoms with Crippen LogP contribution in [0.3, 0.4) is 0 Å². The van der Waals surface area contributed by atoms with E-state index in [1.54, 1.807) is 11.3 Å². The molecule has 0 aliphatic rings. The second-order valence-corrected chi connectivity index (χ2v) is 6.18. The summed E-state index contributed by atoms with van der Waals surface area (Å²) in [4.78, 5) is 9.85. The number of hydrogen-bond acceptors (Lipinski definition) is 5. The highest BCUT2D eigenvalue weighted by atomic mass is 32.1. The molecular formula is C14H21N3OS. The van der Waals surface area contributed by atoms with Crippen molar-refractivity contribution in [3.8, 4) is 10.6 Å². The summed E-state index contributed by atoms with van der Waals surface area (Å²) in [6.07, 6.45) is 3.72. The van der Waals surface area contributed by atoms with Crippen LogP contribution < -0.4 is 5.32 Å². The van der Waals surface area contributed by atoms with Crippen LogP contribution in [0, 0.1) is 13.8 Å². The average Bonchev–Trinajstić information content (AvgIpc) is 2.91. The Morgan fingerprint density at radius 2 is 2.16 bits per heavy atom. The van der Waals surface area contributed by atoms with E-state index in [1.165, 1.54) is 0 Å². The van der Waals surface area contributed by atoms with Gasteiger partial charge < -0.3 is 9.73 Å². The van der Waals surface area contributed by atoms with E-state index in [9.17, 15) is 0 Å². The summed E-state index contributed by atoms with van der Waals surface area (Å²) in [5.74, 6) is 1.65. The Labute approximate surface area is 118 Å². The lowest BCUT2D eigenvalue weighted by Gasteiger charge is -2.05. The first-order chi connectivity index (χ1) is 9.06. The van der Waals surface area contributed by atoms with Crippen LogP contribution in [0.25, 0.3) is 10.6 Å². The summed E-state index contributed by atoms with van der Waals surface area (Å²) in [7, 11) is 0. The molecule has 0 fully saturated rings. The van der Waals surface area contributed by atoms with E-state index in [0.717, 1.165) is 46.6 Å². The minimum atomic E-state index is 0.530. The minimum Gasteiger partial charge on any atom is -0.440 e. The Hall–Kier alpha value is -1.20. The molecule has 0 unspecified atom stereocenters. The molecule has 0 aliphatic heterocycles. The van der Waals surface area contributed by atoms with Crippen LogP contribution in [0.2, 0.25) is 0 Å². The van der Waals surface area contributed by atoms with Crippen molar-refractivity contribution >= 4 is 11.3 Å². The van der Waals surface area contributed by atoms with Gasteiger partial charge in [-0.15, -0.1) is 11.3 Å². The zero-order valence-corrected chi connectivity index (χ0v) is 12.8. The zero-order chi connectivity index (χ0) is 13.8. The van der Waals surface area contributed by atoms with Crippen LogP contribution in [-0.4, -0.2) is 22.6 Å². The number of nitrogens with one attached hydrogen (secondary N) is 1. The Kier molecular flexibility index (Phi) is 4.71. The summed E-state index contributed by atoms with van der Waals surface area (Å²) in [6.45, 7) is 9.31.